The second-order valence-electron chi connectivity index (χ2n) is 16.7. The van der Waals surface area contributed by atoms with E-state index in [1.165, 1.54) is 0 Å². The maximum absolute atomic E-state index is 14.2. The van der Waals surface area contributed by atoms with Crippen LogP contribution in [0.2, 0.25) is 5.02 Å². The Labute approximate surface area is 307 Å². The smallest absolute Gasteiger partial charge is 0.240 e. The van der Waals surface area contributed by atoms with E-state index >= 15 is 0 Å². The summed E-state index contributed by atoms with van der Waals surface area (Å²) in [5.41, 5.74) is 3.46. The molecule has 4 rings (SSSR count). The molecule has 2 aromatic rings. The Kier molecular flexibility index (Phi) is 14.4. The molecule has 1 saturated heterocycles. The lowest BCUT2D eigenvalue weighted by atomic mass is 9.58. The number of hydrogen-bond acceptors (Lipinski definition) is 7. The minimum atomic E-state index is -0.840. The molecule has 0 aromatic heterocycles. The number of nitrogens with zero attached hydrogens (tertiary/aromatic N) is 3. The van der Waals surface area contributed by atoms with Gasteiger partial charge >= 0.3 is 0 Å². The van der Waals surface area contributed by atoms with Gasteiger partial charge in [0.05, 0.1) is 19.3 Å². The van der Waals surface area contributed by atoms with Crippen molar-refractivity contribution in [1.82, 2.24) is 20.2 Å². The summed E-state index contributed by atoms with van der Waals surface area (Å²) in [6.45, 7) is 20.2. The van der Waals surface area contributed by atoms with Crippen molar-refractivity contribution < 1.29 is 19.8 Å². The van der Waals surface area contributed by atoms with Crippen LogP contribution in [-0.2, 0) is 29.3 Å². The van der Waals surface area contributed by atoms with Crippen molar-refractivity contribution in [3.63, 3.8) is 0 Å². The van der Waals surface area contributed by atoms with Gasteiger partial charge in [-0.2, -0.15) is 5.06 Å². The van der Waals surface area contributed by atoms with Crippen LogP contribution >= 0.6 is 11.6 Å². The van der Waals surface area contributed by atoms with Crippen molar-refractivity contribution in [3.8, 4) is 0 Å². The summed E-state index contributed by atoms with van der Waals surface area (Å²) in [5, 5.41) is 27.1. The number of carbonyl (C=O) groups excluding carboxylic acids is 1. The Morgan fingerprint density at radius 2 is 1.74 bits per heavy atom. The zero-order valence-electron chi connectivity index (χ0n) is 32.3. The highest BCUT2D eigenvalue weighted by atomic mass is 35.5. The first kappa shape index (κ1) is 40.7. The quantitative estimate of drug-likeness (QED) is 0.192. The summed E-state index contributed by atoms with van der Waals surface area (Å²) in [4.78, 5) is 25.3. The van der Waals surface area contributed by atoms with Crippen LogP contribution in [0.15, 0.2) is 48.5 Å². The van der Waals surface area contributed by atoms with Gasteiger partial charge < -0.3 is 20.4 Å². The fourth-order valence-corrected chi connectivity index (χ4v) is 8.61. The minimum Gasteiger partial charge on any atom is -0.394 e. The number of likely N-dealkylation sites (N-methyl/N-ethyl adjacent to an activating group) is 1. The fraction of sp³-hybridized carbons (Fsp3) is 0.683. The number of nitrogens with one attached hydrogen (secondary N) is 1. The Bertz CT molecular complexity index is 1380. The van der Waals surface area contributed by atoms with Gasteiger partial charge in [0.2, 0.25) is 5.91 Å². The molecule has 50 heavy (non-hydrogen) atoms. The van der Waals surface area contributed by atoms with E-state index in [-0.39, 0.29) is 24.0 Å². The van der Waals surface area contributed by atoms with Gasteiger partial charge in [0, 0.05) is 42.7 Å². The van der Waals surface area contributed by atoms with E-state index in [0.717, 1.165) is 54.2 Å². The van der Waals surface area contributed by atoms with E-state index in [2.05, 4.69) is 108 Å². The Balaban J connectivity index is 1.59. The number of carbonyl (C=O) groups is 1. The molecule has 2 aliphatic rings. The number of rotatable bonds is 15. The normalized spacial score (nSPS) is 28.4. The van der Waals surface area contributed by atoms with Crippen LogP contribution in [0.4, 0.5) is 0 Å². The van der Waals surface area contributed by atoms with Crippen LogP contribution in [0.3, 0.4) is 0 Å². The van der Waals surface area contributed by atoms with Crippen molar-refractivity contribution in [3.05, 3.63) is 70.2 Å². The predicted octanol–water partition coefficient (Wildman–Crippen LogP) is 6.62. The van der Waals surface area contributed by atoms with Gasteiger partial charge in [0.1, 0.15) is 12.1 Å². The zero-order chi connectivity index (χ0) is 36.9. The molecule has 1 aliphatic heterocycles. The number of hydroxylamine groups is 2. The van der Waals surface area contributed by atoms with Crippen LogP contribution in [0.5, 0.6) is 0 Å². The third-order valence-corrected chi connectivity index (χ3v) is 12.4. The molecule has 3 N–H and O–H groups in total. The van der Waals surface area contributed by atoms with Gasteiger partial charge in [-0.3, -0.25) is 14.5 Å². The Morgan fingerprint density at radius 3 is 2.36 bits per heavy atom. The van der Waals surface area contributed by atoms with Crippen LogP contribution < -0.4 is 5.32 Å². The van der Waals surface area contributed by atoms with Gasteiger partial charge in [-0.1, -0.05) is 103 Å². The van der Waals surface area contributed by atoms with Crippen LogP contribution in [0.25, 0.3) is 0 Å². The molecule has 9 atom stereocenters. The summed E-state index contributed by atoms with van der Waals surface area (Å²) >= 11 is 6.68. The summed E-state index contributed by atoms with van der Waals surface area (Å²) in [6, 6.07) is 16.2. The summed E-state index contributed by atoms with van der Waals surface area (Å²) < 4.78 is 0. The highest BCUT2D eigenvalue weighted by Crippen LogP contribution is 2.47. The SMILES string of the molecule is CC(C)C[C@@H](CN(C)C)N(Cc1cccc(CN2O[C@@H](CO)[C@@H]([C@H](C)O)[C@H]2C(=O)N[C@H]2C[C@@H](C)C(C)(C)[C@@H](C)[C@@H]2C)c1)Cc1ccccc1Cl. The molecule has 8 nitrogen and oxygen atoms in total. The number of benzene rings is 2. The summed E-state index contributed by atoms with van der Waals surface area (Å²) in [6.07, 6.45) is 0.439. The van der Waals surface area contributed by atoms with E-state index in [0.29, 0.717) is 36.3 Å². The molecule has 1 amide bonds. The molecule has 0 bridgehead atoms. The minimum absolute atomic E-state index is 0.0265. The summed E-state index contributed by atoms with van der Waals surface area (Å²) in [5.74, 6) is 1.00. The first-order chi connectivity index (χ1) is 23.5. The standard InChI is InChI=1S/C41H65ClN4O4/c1-26(2)18-34(24-44(9)10)45(23-33-16-11-12-17-35(33)42)21-31-14-13-15-32(20-31)22-46-39(38(30(6)48)37(25-47)50-46)40(49)43-36-19-27(3)41(7,8)29(5)28(36)4/h11-17,20,26-30,34,36-39,47-48H,18-19,21-25H2,1-10H3,(H,43,49)/t27-,28+,29+,30+,34+,36+,37+,38-,39+/m1/s1. The molecule has 1 aliphatic carbocycles. The van der Waals surface area contributed by atoms with Gasteiger partial charge in [-0.15, -0.1) is 0 Å². The molecule has 280 valence electrons. The fourth-order valence-electron chi connectivity index (χ4n) is 8.41. The monoisotopic (exact) mass is 712 g/mol. The molecular formula is C41H65ClN4O4. The van der Waals surface area contributed by atoms with Gasteiger partial charge in [-0.25, -0.2) is 0 Å². The van der Waals surface area contributed by atoms with Crippen molar-refractivity contribution in [1.29, 1.82) is 0 Å². The molecule has 2 fully saturated rings. The first-order valence-electron chi connectivity index (χ1n) is 18.8. The van der Waals surface area contributed by atoms with Gasteiger partial charge in [0.15, 0.2) is 0 Å². The molecule has 1 heterocycles. The third-order valence-electron chi connectivity index (χ3n) is 12.1. The van der Waals surface area contributed by atoms with Crippen molar-refractivity contribution in [2.75, 3.05) is 27.2 Å². The van der Waals surface area contributed by atoms with Crippen LogP contribution in [0.1, 0.15) is 84.9 Å². The average molecular weight is 713 g/mol. The predicted molar refractivity (Wildman–Crippen MR) is 203 cm³/mol. The van der Waals surface area contributed by atoms with Crippen LogP contribution in [0, 0.1) is 35.0 Å². The summed E-state index contributed by atoms with van der Waals surface area (Å²) in [7, 11) is 4.25. The number of amides is 1. The van der Waals surface area contributed by atoms with Crippen molar-refractivity contribution >= 4 is 17.5 Å². The maximum Gasteiger partial charge on any atom is 0.240 e. The zero-order valence-corrected chi connectivity index (χ0v) is 33.0. The lowest BCUT2D eigenvalue weighted by Crippen LogP contribution is -2.56. The van der Waals surface area contributed by atoms with Crippen molar-refractivity contribution in [2.24, 2.45) is 35.0 Å². The second-order valence-corrected chi connectivity index (χ2v) is 17.2. The van der Waals surface area contributed by atoms with Crippen molar-refractivity contribution in [2.45, 2.75) is 118 Å². The number of aliphatic hydroxyl groups is 2. The highest BCUT2D eigenvalue weighted by molar-refractivity contribution is 6.31. The van der Waals surface area contributed by atoms with Gasteiger partial charge in [0.25, 0.3) is 0 Å². The Hall–Kier alpha value is -2.04. The van der Waals surface area contributed by atoms with E-state index in [1.54, 1.807) is 12.0 Å². The number of hydrogen-bond donors (Lipinski definition) is 3. The topological polar surface area (TPSA) is 88.5 Å². The highest BCUT2D eigenvalue weighted by Gasteiger charge is 2.51. The average Bonchev–Trinajstić information content (AvgIpc) is 3.41. The third kappa shape index (κ3) is 9.88. The van der Waals surface area contributed by atoms with Crippen LogP contribution in [-0.4, -0.2) is 88.6 Å². The molecule has 0 spiro atoms. The largest absolute Gasteiger partial charge is 0.394 e. The number of halogens is 1. The molecule has 0 radical (unpaired) electrons. The molecule has 9 heteroatoms. The molecule has 2 aromatic carbocycles. The van der Waals surface area contributed by atoms with Gasteiger partial charge in [-0.05, 0) is 85.7 Å². The van der Waals surface area contributed by atoms with E-state index in [9.17, 15) is 15.0 Å². The number of aliphatic hydroxyl groups excluding tert-OH is 2. The lowest BCUT2D eigenvalue weighted by Gasteiger charge is -2.50. The maximum atomic E-state index is 14.2. The molecule has 0 unspecified atom stereocenters. The Morgan fingerprint density at radius 1 is 1.06 bits per heavy atom. The first-order valence-corrected chi connectivity index (χ1v) is 19.1. The lowest BCUT2D eigenvalue weighted by molar-refractivity contribution is -0.182. The second kappa shape index (κ2) is 17.7. The molecular weight excluding hydrogens is 648 g/mol. The van der Waals surface area contributed by atoms with E-state index < -0.39 is 24.2 Å². The van der Waals surface area contributed by atoms with E-state index in [4.69, 9.17) is 16.4 Å². The van der Waals surface area contributed by atoms with E-state index in [1.807, 2.05) is 18.2 Å². The molecule has 1 saturated carbocycles.